The molecule has 2 aromatic carbocycles. The van der Waals surface area contributed by atoms with Gasteiger partial charge in [0, 0.05) is 17.1 Å². The number of rotatable bonds is 8. The first-order valence-electron chi connectivity index (χ1n) is 8.17. The molecule has 1 N–H and O–H groups in total. The number of nitrogens with one attached hydrogen (secondary N) is 1. The fraction of sp³-hybridized carbons (Fsp3) is 0.200. The third kappa shape index (κ3) is 5.59. The van der Waals surface area contributed by atoms with Gasteiger partial charge in [0.25, 0.3) is 5.91 Å². The first-order chi connectivity index (χ1) is 13.0. The summed E-state index contributed by atoms with van der Waals surface area (Å²) in [6.07, 6.45) is 1.62. The van der Waals surface area contributed by atoms with Crippen LogP contribution < -0.4 is 14.8 Å². The zero-order chi connectivity index (χ0) is 19.8. The van der Waals surface area contributed by atoms with E-state index in [1.54, 1.807) is 37.4 Å². The van der Waals surface area contributed by atoms with Gasteiger partial charge in [0.1, 0.15) is 6.61 Å². The van der Waals surface area contributed by atoms with E-state index < -0.39 is 0 Å². The van der Waals surface area contributed by atoms with Crippen LogP contribution in [0.25, 0.3) is 0 Å². The second kappa shape index (κ2) is 9.78. The van der Waals surface area contributed by atoms with Gasteiger partial charge in [-0.15, -0.1) is 0 Å². The zero-order valence-corrected chi connectivity index (χ0v) is 16.8. The van der Waals surface area contributed by atoms with E-state index in [1.165, 1.54) is 12.0 Å². The van der Waals surface area contributed by atoms with Crippen LogP contribution in [0.5, 0.6) is 11.5 Å². The standard InChI is InChI=1S/C20H21BrN2O4/c1-4-11-27-17-10-9-14(12-18(17)26-3)20(25)23(2)13-19(24)22-16-8-6-5-7-15(16)21/h4-10,12H,1,11,13H2,2-3H3,(H,22,24). The normalized spacial score (nSPS) is 10.0. The van der Waals surface area contributed by atoms with Crippen LogP contribution >= 0.6 is 15.9 Å². The van der Waals surface area contributed by atoms with E-state index >= 15 is 0 Å². The first kappa shape index (κ1) is 20.5. The second-order valence-electron chi connectivity index (χ2n) is 5.65. The fourth-order valence-electron chi connectivity index (χ4n) is 2.33. The van der Waals surface area contributed by atoms with Gasteiger partial charge in [0.05, 0.1) is 19.3 Å². The van der Waals surface area contributed by atoms with Gasteiger partial charge >= 0.3 is 0 Å². The lowest BCUT2D eigenvalue weighted by atomic mass is 10.1. The summed E-state index contributed by atoms with van der Waals surface area (Å²) in [6, 6.07) is 12.1. The van der Waals surface area contributed by atoms with Gasteiger partial charge in [-0.2, -0.15) is 0 Å². The Balaban J connectivity index is 2.04. The van der Waals surface area contributed by atoms with Gasteiger partial charge in [-0.3, -0.25) is 9.59 Å². The summed E-state index contributed by atoms with van der Waals surface area (Å²) in [4.78, 5) is 26.2. The van der Waals surface area contributed by atoms with Gasteiger partial charge in [0.15, 0.2) is 11.5 Å². The van der Waals surface area contributed by atoms with Crippen LogP contribution in [0, 0.1) is 0 Å². The number of carbonyl (C=O) groups excluding carboxylic acids is 2. The first-order valence-corrected chi connectivity index (χ1v) is 8.97. The number of benzene rings is 2. The van der Waals surface area contributed by atoms with Gasteiger partial charge in [-0.25, -0.2) is 0 Å². The van der Waals surface area contributed by atoms with E-state index in [0.29, 0.717) is 29.4 Å². The highest BCUT2D eigenvalue weighted by Gasteiger charge is 2.17. The topological polar surface area (TPSA) is 67.9 Å². The Bertz CT molecular complexity index is 838. The number of methoxy groups -OCH3 is 1. The molecule has 2 amide bonds. The van der Waals surface area contributed by atoms with Crippen molar-refractivity contribution in [3.63, 3.8) is 0 Å². The third-order valence-corrected chi connectivity index (χ3v) is 4.33. The molecule has 0 fully saturated rings. The molecule has 27 heavy (non-hydrogen) atoms. The van der Waals surface area contributed by atoms with Crippen molar-refractivity contribution in [1.29, 1.82) is 0 Å². The molecule has 0 heterocycles. The molecular weight excluding hydrogens is 412 g/mol. The average molecular weight is 433 g/mol. The minimum atomic E-state index is -0.300. The Morgan fingerprint density at radius 1 is 1.22 bits per heavy atom. The molecule has 142 valence electrons. The summed E-state index contributed by atoms with van der Waals surface area (Å²) < 4.78 is 11.5. The fourth-order valence-corrected chi connectivity index (χ4v) is 2.71. The maximum absolute atomic E-state index is 12.6. The SMILES string of the molecule is C=CCOc1ccc(C(=O)N(C)CC(=O)Nc2ccccc2Br)cc1OC. The van der Waals surface area contributed by atoms with Crippen LogP contribution in [0.3, 0.4) is 0 Å². The minimum Gasteiger partial charge on any atom is -0.493 e. The maximum atomic E-state index is 12.6. The van der Waals surface area contributed by atoms with Crippen LogP contribution in [0.15, 0.2) is 59.6 Å². The molecule has 0 aliphatic heterocycles. The third-order valence-electron chi connectivity index (χ3n) is 3.64. The van der Waals surface area contributed by atoms with Crippen LogP contribution in [0.1, 0.15) is 10.4 Å². The van der Waals surface area contributed by atoms with Gasteiger partial charge in [-0.1, -0.05) is 24.8 Å². The van der Waals surface area contributed by atoms with Crippen molar-refractivity contribution >= 4 is 33.4 Å². The molecule has 0 atom stereocenters. The highest BCUT2D eigenvalue weighted by atomic mass is 79.9. The van der Waals surface area contributed by atoms with E-state index in [-0.39, 0.29) is 18.4 Å². The smallest absolute Gasteiger partial charge is 0.254 e. The largest absolute Gasteiger partial charge is 0.493 e. The Morgan fingerprint density at radius 3 is 2.63 bits per heavy atom. The van der Waals surface area contributed by atoms with Crippen LogP contribution in [-0.2, 0) is 4.79 Å². The highest BCUT2D eigenvalue weighted by Crippen LogP contribution is 2.28. The number of hydrogen-bond acceptors (Lipinski definition) is 4. The second-order valence-corrected chi connectivity index (χ2v) is 6.51. The van der Waals surface area contributed by atoms with Crippen molar-refractivity contribution < 1.29 is 19.1 Å². The number of halogens is 1. The Kier molecular flexibility index (Phi) is 7.43. The molecule has 7 heteroatoms. The van der Waals surface area contributed by atoms with Crippen molar-refractivity contribution in [2.24, 2.45) is 0 Å². The molecule has 0 unspecified atom stereocenters. The van der Waals surface area contributed by atoms with Crippen molar-refractivity contribution in [3.05, 3.63) is 65.2 Å². The lowest BCUT2D eigenvalue weighted by Gasteiger charge is -2.18. The van der Waals surface area contributed by atoms with E-state index in [9.17, 15) is 9.59 Å². The Hall–Kier alpha value is -2.80. The molecule has 0 aliphatic carbocycles. The molecule has 2 rings (SSSR count). The van der Waals surface area contributed by atoms with Crippen LogP contribution in [0.2, 0.25) is 0 Å². The van der Waals surface area contributed by atoms with Crippen LogP contribution in [-0.4, -0.2) is 44.0 Å². The molecule has 0 radical (unpaired) electrons. The number of para-hydroxylation sites is 1. The number of nitrogens with zero attached hydrogens (tertiary/aromatic N) is 1. The lowest BCUT2D eigenvalue weighted by molar-refractivity contribution is -0.116. The number of likely N-dealkylation sites (N-methyl/N-ethyl adjacent to an activating group) is 1. The molecule has 0 aliphatic rings. The van der Waals surface area contributed by atoms with E-state index in [4.69, 9.17) is 9.47 Å². The highest BCUT2D eigenvalue weighted by molar-refractivity contribution is 9.10. The number of ether oxygens (including phenoxy) is 2. The molecule has 0 saturated heterocycles. The summed E-state index contributed by atoms with van der Waals surface area (Å²) in [5.41, 5.74) is 1.04. The van der Waals surface area contributed by atoms with Crippen molar-refractivity contribution in [2.75, 3.05) is 32.6 Å². The summed E-state index contributed by atoms with van der Waals surface area (Å²) in [5, 5.41) is 2.77. The number of amides is 2. The van der Waals surface area contributed by atoms with E-state index in [1.807, 2.05) is 18.2 Å². The van der Waals surface area contributed by atoms with Crippen molar-refractivity contribution in [1.82, 2.24) is 4.90 Å². The lowest BCUT2D eigenvalue weighted by Crippen LogP contribution is -2.35. The number of anilines is 1. The predicted molar refractivity (Wildman–Crippen MR) is 108 cm³/mol. The van der Waals surface area contributed by atoms with Gasteiger partial charge in [-0.05, 0) is 46.3 Å². The molecule has 0 saturated carbocycles. The summed E-state index contributed by atoms with van der Waals surface area (Å²) >= 11 is 3.37. The summed E-state index contributed by atoms with van der Waals surface area (Å²) in [5.74, 6) is 0.360. The average Bonchev–Trinajstić information content (AvgIpc) is 2.67. The van der Waals surface area contributed by atoms with Crippen molar-refractivity contribution in [2.45, 2.75) is 0 Å². The molecule has 2 aromatic rings. The quantitative estimate of drug-likeness (QED) is 0.645. The number of hydrogen-bond donors (Lipinski definition) is 1. The monoisotopic (exact) mass is 432 g/mol. The minimum absolute atomic E-state index is 0.0861. The van der Waals surface area contributed by atoms with E-state index in [2.05, 4.69) is 27.8 Å². The molecule has 0 bridgehead atoms. The van der Waals surface area contributed by atoms with Crippen molar-refractivity contribution in [3.8, 4) is 11.5 Å². The zero-order valence-electron chi connectivity index (χ0n) is 15.2. The molecule has 0 aromatic heterocycles. The van der Waals surface area contributed by atoms with Gasteiger partial charge in [0.2, 0.25) is 5.91 Å². The summed E-state index contributed by atoms with van der Waals surface area (Å²) in [7, 11) is 3.07. The van der Waals surface area contributed by atoms with Gasteiger partial charge < -0.3 is 19.7 Å². The number of carbonyl (C=O) groups is 2. The Morgan fingerprint density at radius 2 is 1.96 bits per heavy atom. The Labute approximate surface area is 166 Å². The summed E-state index contributed by atoms with van der Waals surface area (Å²) in [6.45, 7) is 3.84. The molecule has 6 nitrogen and oxygen atoms in total. The maximum Gasteiger partial charge on any atom is 0.254 e. The molecular formula is C20H21BrN2O4. The van der Waals surface area contributed by atoms with E-state index in [0.717, 1.165) is 4.47 Å². The van der Waals surface area contributed by atoms with Crippen LogP contribution in [0.4, 0.5) is 5.69 Å². The molecule has 0 spiro atoms. The predicted octanol–water partition coefficient (Wildman–Crippen LogP) is 3.73.